The summed E-state index contributed by atoms with van der Waals surface area (Å²) in [4.78, 5) is 13.5. The first-order valence-corrected chi connectivity index (χ1v) is 6.71. The summed E-state index contributed by atoms with van der Waals surface area (Å²) in [6.45, 7) is 2.49. The minimum absolute atomic E-state index is 0.0316. The molecule has 7 heteroatoms. The van der Waals surface area contributed by atoms with Crippen LogP contribution in [0.1, 0.15) is 30.5 Å². The van der Waals surface area contributed by atoms with Gasteiger partial charge in [0.15, 0.2) is 0 Å². The van der Waals surface area contributed by atoms with Crippen LogP contribution in [0.2, 0.25) is 0 Å². The summed E-state index contributed by atoms with van der Waals surface area (Å²) in [5.74, 6) is 0.627. The lowest BCUT2D eigenvalue weighted by atomic mass is 10.1. The number of nitrogens with zero attached hydrogens (tertiary/aromatic N) is 4. The third-order valence-electron chi connectivity index (χ3n) is 3.63. The quantitative estimate of drug-likeness (QED) is 0.781. The summed E-state index contributed by atoms with van der Waals surface area (Å²) in [5.41, 5.74) is 1.10. The maximum atomic E-state index is 11.7. The number of carbonyl (C=O) groups is 1. The van der Waals surface area contributed by atoms with Crippen molar-refractivity contribution in [3.05, 3.63) is 11.9 Å². The summed E-state index contributed by atoms with van der Waals surface area (Å²) in [6.07, 6.45) is 4.50. The molecule has 2 fully saturated rings. The topological polar surface area (TPSA) is 72.3 Å². The number of hydrogen-bond acceptors (Lipinski definition) is 4. The van der Waals surface area contributed by atoms with Crippen molar-refractivity contribution < 1.29 is 9.53 Å². The standard InChI is InChI=1S/C12H19N5O2/c1-19-5-4-13-12(18)16-6-10(7-16)17-8-11(14-15-17)9-2-3-9/h8-10H,2-7H2,1H3,(H,13,18). The molecule has 1 aromatic rings. The van der Waals surface area contributed by atoms with Gasteiger partial charge in [-0.2, -0.15) is 0 Å². The van der Waals surface area contributed by atoms with Crippen molar-refractivity contribution in [2.24, 2.45) is 0 Å². The Labute approximate surface area is 111 Å². The van der Waals surface area contributed by atoms with Gasteiger partial charge in [-0.25, -0.2) is 9.48 Å². The SMILES string of the molecule is COCCNC(=O)N1CC(n2cc(C3CC3)nn2)C1. The highest BCUT2D eigenvalue weighted by atomic mass is 16.5. The number of nitrogens with one attached hydrogen (secondary N) is 1. The van der Waals surface area contributed by atoms with E-state index in [4.69, 9.17) is 4.74 Å². The number of methoxy groups -OCH3 is 1. The average molecular weight is 265 g/mol. The van der Waals surface area contributed by atoms with E-state index in [1.54, 1.807) is 12.0 Å². The van der Waals surface area contributed by atoms with E-state index in [0.717, 1.165) is 5.69 Å². The molecule has 2 heterocycles. The Morgan fingerprint density at radius 2 is 2.32 bits per heavy atom. The van der Waals surface area contributed by atoms with Crippen LogP contribution in [0, 0.1) is 0 Å². The summed E-state index contributed by atoms with van der Waals surface area (Å²) in [6, 6.07) is 0.240. The van der Waals surface area contributed by atoms with Crippen LogP contribution in [0.25, 0.3) is 0 Å². The Bertz CT molecular complexity index is 451. The molecule has 1 aliphatic heterocycles. The van der Waals surface area contributed by atoms with Crippen molar-refractivity contribution in [1.82, 2.24) is 25.2 Å². The second-order valence-corrected chi connectivity index (χ2v) is 5.18. The monoisotopic (exact) mass is 265 g/mol. The van der Waals surface area contributed by atoms with Crippen molar-refractivity contribution in [3.8, 4) is 0 Å². The molecule has 0 radical (unpaired) electrons. The summed E-state index contributed by atoms with van der Waals surface area (Å²) in [5, 5.41) is 11.2. The fraction of sp³-hybridized carbons (Fsp3) is 0.750. The van der Waals surface area contributed by atoms with Crippen molar-refractivity contribution in [3.63, 3.8) is 0 Å². The molecule has 0 atom stereocenters. The molecule has 104 valence electrons. The molecule has 7 nitrogen and oxygen atoms in total. The highest BCUT2D eigenvalue weighted by molar-refractivity contribution is 5.75. The van der Waals surface area contributed by atoms with Gasteiger partial charge in [0.2, 0.25) is 0 Å². The van der Waals surface area contributed by atoms with Crippen LogP contribution in [0.3, 0.4) is 0 Å². The lowest BCUT2D eigenvalue weighted by Gasteiger charge is -2.38. The molecule has 2 aliphatic rings. The Morgan fingerprint density at radius 3 is 3.00 bits per heavy atom. The van der Waals surface area contributed by atoms with Crippen molar-refractivity contribution >= 4 is 6.03 Å². The number of urea groups is 1. The van der Waals surface area contributed by atoms with E-state index >= 15 is 0 Å². The van der Waals surface area contributed by atoms with Gasteiger partial charge < -0.3 is 15.0 Å². The zero-order valence-electron chi connectivity index (χ0n) is 11.1. The second-order valence-electron chi connectivity index (χ2n) is 5.18. The number of amides is 2. The van der Waals surface area contributed by atoms with Crippen LogP contribution in [-0.4, -0.2) is 59.3 Å². The highest BCUT2D eigenvalue weighted by Crippen LogP contribution is 2.39. The van der Waals surface area contributed by atoms with Gasteiger partial charge in [0, 0.05) is 38.9 Å². The lowest BCUT2D eigenvalue weighted by molar-refractivity contribution is 0.114. The first-order valence-electron chi connectivity index (χ1n) is 6.71. The number of rotatable bonds is 5. The Balaban J connectivity index is 1.44. The summed E-state index contributed by atoms with van der Waals surface area (Å²) in [7, 11) is 1.62. The van der Waals surface area contributed by atoms with Crippen molar-refractivity contribution in [1.29, 1.82) is 0 Å². The predicted molar refractivity (Wildman–Crippen MR) is 67.9 cm³/mol. The predicted octanol–water partition coefficient (Wildman–Crippen LogP) is 0.368. The second kappa shape index (κ2) is 5.16. The minimum atomic E-state index is -0.0316. The van der Waals surface area contributed by atoms with E-state index in [-0.39, 0.29) is 12.1 Å². The maximum Gasteiger partial charge on any atom is 0.317 e. The van der Waals surface area contributed by atoms with Crippen LogP contribution in [0.5, 0.6) is 0 Å². The highest BCUT2D eigenvalue weighted by Gasteiger charge is 2.34. The van der Waals surface area contributed by atoms with Gasteiger partial charge in [-0.3, -0.25) is 0 Å². The van der Waals surface area contributed by atoms with Gasteiger partial charge in [-0.15, -0.1) is 5.10 Å². The molecule has 0 bridgehead atoms. The molecule has 3 rings (SSSR count). The molecule has 1 aromatic heterocycles. The Kier molecular flexibility index (Phi) is 3.37. The zero-order valence-corrected chi connectivity index (χ0v) is 11.1. The fourth-order valence-electron chi connectivity index (χ4n) is 2.20. The smallest absolute Gasteiger partial charge is 0.317 e. The molecule has 0 aromatic carbocycles. The van der Waals surface area contributed by atoms with Crippen LogP contribution < -0.4 is 5.32 Å². The molecule has 19 heavy (non-hydrogen) atoms. The third-order valence-corrected chi connectivity index (χ3v) is 3.63. The normalized spacial score (nSPS) is 19.3. The third kappa shape index (κ3) is 2.70. The Morgan fingerprint density at radius 1 is 1.53 bits per heavy atom. The van der Waals surface area contributed by atoms with Crippen LogP contribution in [0.15, 0.2) is 6.20 Å². The zero-order chi connectivity index (χ0) is 13.2. The number of carbonyl (C=O) groups excluding carboxylic acids is 1. The van der Waals surface area contributed by atoms with E-state index in [2.05, 4.69) is 15.6 Å². The largest absolute Gasteiger partial charge is 0.383 e. The van der Waals surface area contributed by atoms with Gasteiger partial charge in [0.05, 0.1) is 18.3 Å². The lowest BCUT2D eigenvalue weighted by Crippen LogP contribution is -2.54. The summed E-state index contributed by atoms with van der Waals surface area (Å²) >= 11 is 0. The van der Waals surface area contributed by atoms with Gasteiger partial charge in [0.1, 0.15) is 0 Å². The number of ether oxygens (including phenoxy) is 1. The number of likely N-dealkylation sites (tertiary alicyclic amines) is 1. The first kappa shape index (κ1) is 12.4. The Hall–Kier alpha value is -1.63. The minimum Gasteiger partial charge on any atom is -0.383 e. The average Bonchev–Trinajstić information content (AvgIpc) is 3.08. The van der Waals surface area contributed by atoms with E-state index in [9.17, 15) is 4.79 Å². The fourth-order valence-corrected chi connectivity index (χ4v) is 2.20. The number of hydrogen-bond donors (Lipinski definition) is 1. The molecule has 1 aliphatic carbocycles. The van der Waals surface area contributed by atoms with Gasteiger partial charge in [0.25, 0.3) is 0 Å². The molecule has 0 unspecified atom stereocenters. The molecular weight excluding hydrogens is 246 g/mol. The van der Waals surface area contributed by atoms with E-state index in [1.165, 1.54) is 12.8 Å². The van der Waals surface area contributed by atoms with E-state index < -0.39 is 0 Å². The van der Waals surface area contributed by atoms with Gasteiger partial charge in [-0.05, 0) is 12.8 Å². The maximum absolute atomic E-state index is 11.7. The number of aromatic nitrogens is 3. The first-order chi connectivity index (χ1) is 9.28. The van der Waals surface area contributed by atoms with E-state index in [1.807, 2.05) is 10.9 Å². The summed E-state index contributed by atoms with van der Waals surface area (Å²) < 4.78 is 6.78. The van der Waals surface area contributed by atoms with Gasteiger partial charge >= 0.3 is 6.03 Å². The van der Waals surface area contributed by atoms with Crippen molar-refractivity contribution in [2.75, 3.05) is 33.4 Å². The van der Waals surface area contributed by atoms with Crippen LogP contribution >= 0.6 is 0 Å². The van der Waals surface area contributed by atoms with Crippen molar-refractivity contribution in [2.45, 2.75) is 24.8 Å². The molecule has 1 N–H and O–H groups in total. The molecule has 1 saturated heterocycles. The molecule has 0 spiro atoms. The molecular formula is C12H19N5O2. The van der Waals surface area contributed by atoms with Crippen LogP contribution in [-0.2, 0) is 4.74 Å². The van der Waals surface area contributed by atoms with Gasteiger partial charge in [-0.1, -0.05) is 5.21 Å². The van der Waals surface area contributed by atoms with E-state index in [0.29, 0.717) is 32.2 Å². The molecule has 2 amide bonds. The molecule has 1 saturated carbocycles. The van der Waals surface area contributed by atoms with Crippen LogP contribution in [0.4, 0.5) is 4.79 Å².